The molecule has 0 aliphatic carbocycles. The molecule has 0 aliphatic heterocycles. The molecule has 16 heavy (non-hydrogen) atoms. The van der Waals surface area contributed by atoms with Gasteiger partial charge in [0.15, 0.2) is 0 Å². The Hall–Kier alpha value is -1.00. The summed E-state index contributed by atoms with van der Waals surface area (Å²) >= 11 is 5.75. The summed E-state index contributed by atoms with van der Waals surface area (Å²) < 4.78 is 38.1. The van der Waals surface area contributed by atoms with Crippen LogP contribution < -0.4 is 5.73 Å². The van der Waals surface area contributed by atoms with Crippen LogP contribution in [0.1, 0.15) is 23.6 Å². The third-order valence-corrected chi connectivity index (χ3v) is 2.48. The van der Waals surface area contributed by atoms with E-state index in [2.05, 4.69) is 6.58 Å². The lowest BCUT2D eigenvalue weighted by Gasteiger charge is -2.18. The number of rotatable bonds is 3. The molecular formula is C11H11ClF3N. The van der Waals surface area contributed by atoms with Gasteiger partial charge in [0.05, 0.1) is 5.56 Å². The maximum atomic E-state index is 12.7. The van der Waals surface area contributed by atoms with Crippen molar-refractivity contribution in [2.24, 2.45) is 5.73 Å². The van der Waals surface area contributed by atoms with E-state index in [-0.39, 0.29) is 17.0 Å². The van der Waals surface area contributed by atoms with Crippen LogP contribution >= 0.6 is 11.6 Å². The third-order valence-electron chi connectivity index (χ3n) is 2.15. The fourth-order valence-corrected chi connectivity index (χ4v) is 1.77. The van der Waals surface area contributed by atoms with E-state index in [9.17, 15) is 13.2 Å². The van der Waals surface area contributed by atoms with Crippen molar-refractivity contribution in [2.45, 2.75) is 18.6 Å². The number of nitrogens with two attached hydrogens (primary N) is 1. The molecule has 0 aromatic heterocycles. The molecule has 0 unspecified atom stereocenters. The first-order chi connectivity index (χ1) is 7.38. The number of hydrogen-bond donors (Lipinski definition) is 1. The average Bonchev–Trinajstić information content (AvgIpc) is 2.16. The highest BCUT2D eigenvalue weighted by atomic mass is 35.5. The van der Waals surface area contributed by atoms with Crippen LogP contribution in [0.5, 0.6) is 0 Å². The van der Waals surface area contributed by atoms with Gasteiger partial charge < -0.3 is 5.73 Å². The van der Waals surface area contributed by atoms with E-state index in [0.717, 1.165) is 6.07 Å². The molecule has 2 N–H and O–H groups in total. The van der Waals surface area contributed by atoms with Gasteiger partial charge in [-0.3, -0.25) is 0 Å². The molecule has 0 bridgehead atoms. The molecule has 0 heterocycles. The average molecular weight is 250 g/mol. The Bertz CT molecular complexity index is 387. The van der Waals surface area contributed by atoms with Gasteiger partial charge in [0.25, 0.3) is 0 Å². The van der Waals surface area contributed by atoms with Gasteiger partial charge in [0, 0.05) is 11.1 Å². The summed E-state index contributed by atoms with van der Waals surface area (Å²) in [4.78, 5) is 0. The highest BCUT2D eigenvalue weighted by Crippen LogP contribution is 2.38. The zero-order valence-electron chi connectivity index (χ0n) is 8.39. The summed E-state index contributed by atoms with van der Waals surface area (Å²) in [6.07, 6.45) is -2.74. The monoisotopic (exact) mass is 249 g/mol. The SMILES string of the molecule is C=CC[C@@H](N)c1c(Cl)cccc1C(F)(F)F. The van der Waals surface area contributed by atoms with Gasteiger partial charge in [-0.1, -0.05) is 23.7 Å². The molecule has 0 fully saturated rings. The van der Waals surface area contributed by atoms with Crippen LogP contribution in [0.25, 0.3) is 0 Å². The quantitative estimate of drug-likeness (QED) is 0.807. The third kappa shape index (κ3) is 2.77. The second-order valence-corrected chi connectivity index (χ2v) is 3.74. The van der Waals surface area contributed by atoms with Crippen LogP contribution in [0.15, 0.2) is 30.9 Å². The predicted octanol–water partition coefficient (Wildman–Crippen LogP) is 3.93. The van der Waals surface area contributed by atoms with Crippen molar-refractivity contribution in [1.29, 1.82) is 0 Å². The first-order valence-electron chi connectivity index (χ1n) is 4.60. The first-order valence-corrected chi connectivity index (χ1v) is 4.97. The second-order valence-electron chi connectivity index (χ2n) is 3.33. The number of alkyl halides is 3. The topological polar surface area (TPSA) is 26.0 Å². The molecule has 0 spiro atoms. The summed E-state index contributed by atoms with van der Waals surface area (Å²) in [5.41, 5.74) is 4.79. The van der Waals surface area contributed by atoms with Crippen molar-refractivity contribution >= 4 is 11.6 Å². The lowest BCUT2D eigenvalue weighted by atomic mass is 9.98. The summed E-state index contributed by atoms with van der Waals surface area (Å²) in [7, 11) is 0. The van der Waals surface area contributed by atoms with Gasteiger partial charge in [-0.25, -0.2) is 0 Å². The van der Waals surface area contributed by atoms with Crippen LogP contribution in [-0.2, 0) is 6.18 Å². The second kappa shape index (κ2) is 4.89. The molecule has 1 aromatic rings. The van der Waals surface area contributed by atoms with E-state index in [0.29, 0.717) is 0 Å². The minimum Gasteiger partial charge on any atom is -0.324 e. The Morgan fingerprint density at radius 2 is 2.06 bits per heavy atom. The lowest BCUT2D eigenvalue weighted by molar-refractivity contribution is -0.138. The van der Waals surface area contributed by atoms with Crippen LogP contribution in [0.2, 0.25) is 5.02 Å². The van der Waals surface area contributed by atoms with Gasteiger partial charge in [0.2, 0.25) is 0 Å². The van der Waals surface area contributed by atoms with Crippen LogP contribution in [-0.4, -0.2) is 0 Å². The summed E-state index contributed by atoms with van der Waals surface area (Å²) in [5.74, 6) is 0. The lowest BCUT2D eigenvalue weighted by Crippen LogP contribution is -2.17. The van der Waals surface area contributed by atoms with E-state index < -0.39 is 17.8 Å². The Kier molecular flexibility index (Phi) is 3.99. The normalized spacial score (nSPS) is 13.6. The van der Waals surface area contributed by atoms with Crippen molar-refractivity contribution in [3.63, 3.8) is 0 Å². The Morgan fingerprint density at radius 1 is 1.44 bits per heavy atom. The molecule has 1 atom stereocenters. The maximum Gasteiger partial charge on any atom is 0.416 e. The fraction of sp³-hybridized carbons (Fsp3) is 0.273. The standard InChI is InChI=1S/C11H11ClF3N/c1-2-4-9(16)10-7(11(13,14)15)5-3-6-8(10)12/h2-3,5-6,9H,1,4,16H2/t9-/m1/s1. The predicted molar refractivity (Wildman–Crippen MR) is 58.2 cm³/mol. The smallest absolute Gasteiger partial charge is 0.324 e. The molecule has 0 saturated heterocycles. The highest BCUT2D eigenvalue weighted by molar-refractivity contribution is 6.31. The van der Waals surface area contributed by atoms with Crippen LogP contribution in [0, 0.1) is 0 Å². The summed E-state index contributed by atoms with van der Waals surface area (Å²) in [6, 6.07) is 2.84. The Balaban J connectivity index is 3.29. The summed E-state index contributed by atoms with van der Waals surface area (Å²) in [6.45, 7) is 3.44. The summed E-state index contributed by atoms with van der Waals surface area (Å²) in [5, 5.41) is 0.0316. The van der Waals surface area contributed by atoms with E-state index in [4.69, 9.17) is 17.3 Å². The molecule has 0 radical (unpaired) electrons. The molecule has 1 rings (SSSR count). The number of benzene rings is 1. The van der Waals surface area contributed by atoms with Gasteiger partial charge in [-0.05, 0) is 24.1 Å². The van der Waals surface area contributed by atoms with Gasteiger partial charge in [-0.2, -0.15) is 13.2 Å². The molecule has 0 saturated carbocycles. The number of hydrogen-bond acceptors (Lipinski definition) is 1. The van der Waals surface area contributed by atoms with E-state index >= 15 is 0 Å². The number of halogens is 4. The minimum atomic E-state index is -4.45. The molecule has 1 aromatic carbocycles. The van der Waals surface area contributed by atoms with E-state index in [1.54, 1.807) is 0 Å². The van der Waals surface area contributed by atoms with Crippen molar-refractivity contribution in [2.75, 3.05) is 0 Å². The van der Waals surface area contributed by atoms with Crippen molar-refractivity contribution in [1.82, 2.24) is 0 Å². The first kappa shape index (κ1) is 13.1. The maximum absolute atomic E-state index is 12.7. The molecule has 88 valence electrons. The van der Waals surface area contributed by atoms with Crippen LogP contribution in [0.3, 0.4) is 0 Å². The van der Waals surface area contributed by atoms with E-state index in [1.807, 2.05) is 0 Å². The molecule has 5 heteroatoms. The fourth-order valence-electron chi connectivity index (χ4n) is 1.46. The zero-order valence-corrected chi connectivity index (χ0v) is 9.15. The molecule has 1 nitrogen and oxygen atoms in total. The Labute approximate surface area is 96.7 Å². The minimum absolute atomic E-state index is 0.0316. The molecular weight excluding hydrogens is 239 g/mol. The van der Waals surface area contributed by atoms with Gasteiger partial charge >= 0.3 is 6.18 Å². The van der Waals surface area contributed by atoms with Crippen molar-refractivity contribution in [3.05, 3.63) is 47.0 Å². The van der Waals surface area contributed by atoms with E-state index in [1.165, 1.54) is 18.2 Å². The molecule has 0 aliphatic rings. The Morgan fingerprint density at radius 3 is 2.56 bits per heavy atom. The van der Waals surface area contributed by atoms with Crippen LogP contribution in [0.4, 0.5) is 13.2 Å². The van der Waals surface area contributed by atoms with Crippen molar-refractivity contribution in [3.8, 4) is 0 Å². The largest absolute Gasteiger partial charge is 0.416 e. The highest BCUT2D eigenvalue weighted by Gasteiger charge is 2.35. The zero-order chi connectivity index (χ0) is 12.3. The van der Waals surface area contributed by atoms with Crippen molar-refractivity contribution < 1.29 is 13.2 Å². The van der Waals surface area contributed by atoms with Gasteiger partial charge in [-0.15, -0.1) is 6.58 Å². The molecule has 0 amide bonds. The van der Waals surface area contributed by atoms with Gasteiger partial charge in [0.1, 0.15) is 0 Å².